The number of rotatable bonds is 15. The molecule has 46 heavy (non-hydrogen) atoms. The first-order valence-corrected chi connectivity index (χ1v) is 16.5. The van der Waals surface area contributed by atoms with E-state index in [-0.39, 0.29) is 35.3 Å². The Balaban J connectivity index is 1.32. The van der Waals surface area contributed by atoms with Gasteiger partial charge >= 0.3 is 0 Å². The van der Waals surface area contributed by atoms with Crippen LogP contribution in [0.4, 0.5) is 4.39 Å². The van der Waals surface area contributed by atoms with Crippen molar-refractivity contribution in [2.75, 3.05) is 20.3 Å². The quantitative estimate of drug-likeness (QED) is 0.122. The summed E-state index contributed by atoms with van der Waals surface area (Å²) in [5.74, 6) is 0.590. The Hall–Kier alpha value is -4.00. The van der Waals surface area contributed by atoms with E-state index in [0.717, 1.165) is 49.8 Å². The number of benzene rings is 4. The molecule has 1 amide bonds. The number of halogens is 1. The summed E-state index contributed by atoms with van der Waals surface area (Å²) in [6.45, 7) is 2.93. The Morgan fingerprint density at radius 3 is 2.24 bits per heavy atom. The molecule has 4 aromatic carbocycles. The number of methoxy groups -OCH3 is 1. The van der Waals surface area contributed by atoms with E-state index in [0.29, 0.717) is 19.4 Å². The highest BCUT2D eigenvalue weighted by Crippen LogP contribution is 2.44. The molecule has 0 saturated heterocycles. The molecular weight excluding hydrogens is 575 g/mol. The number of ether oxygens (including phenoxy) is 1. The van der Waals surface area contributed by atoms with E-state index < -0.39 is 0 Å². The maximum absolute atomic E-state index is 13.2. The van der Waals surface area contributed by atoms with Gasteiger partial charge in [-0.25, -0.2) is 4.39 Å². The third-order valence-corrected chi connectivity index (χ3v) is 9.71. The first kappa shape index (κ1) is 33.4. The Kier molecular flexibility index (Phi) is 11.3. The molecule has 4 aromatic rings. The molecule has 0 spiro atoms. The van der Waals surface area contributed by atoms with Gasteiger partial charge in [-0.15, -0.1) is 0 Å². The van der Waals surface area contributed by atoms with Gasteiger partial charge in [-0.3, -0.25) is 4.79 Å². The van der Waals surface area contributed by atoms with Crippen molar-refractivity contribution in [1.29, 1.82) is 0 Å². The number of aliphatic hydroxyl groups is 1. The van der Waals surface area contributed by atoms with Crippen LogP contribution in [0.15, 0.2) is 103 Å². The second kappa shape index (κ2) is 15.5. The Morgan fingerprint density at radius 1 is 0.957 bits per heavy atom. The predicted molar refractivity (Wildman–Crippen MR) is 183 cm³/mol. The van der Waals surface area contributed by atoms with E-state index in [2.05, 4.69) is 90.4 Å². The number of nitrogens with one attached hydrogen (secondary N) is 2. The maximum atomic E-state index is 13.2. The van der Waals surface area contributed by atoms with Gasteiger partial charge in [-0.1, -0.05) is 85.3 Å². The Morgan fingerprint density at radius 2 is 1.61 bits per heavy atom. The number of hydrogen-bond donors (Lipinski definition) is 3. The topological polar surface area (TPSA) is 70.6 Å². The molecule has 0 radical (unpaired) electrons. The fraction of sp³-hybridized carbons (Fsp3) is 0.375. The second-order valence-corrected chi connectivity index (χ2v) is 12.8. The van der Waals surface area contributed by atoms with Crippen LogP contribution in [0.5, 0.6) is 5.75 Å². The van der Waals surface area contributed by atoms with Crippen molar-refractivity contribution < 1.29 is 19.0 Å². The van der Waals surface area contributed by atoms with Crippen molar-refractivity contribution >= 4 is 5.91 Å². The molecule has 2 unspecified atom stereocenters. The van der Waals surface area contributed by atoms with E-state index in [9.17, 15) is 14.3 Å². The Bertz CT molecular complexity index is 1500. The highest BCUT2D eigenvalue weighted by atomic mass is 19.1. The van der Waals surface area contributed by atoms with Crippen LogP contribution in [0.25, 0.3) is 0 Å². The van der Waals surface area contributed by atoms with Crippen molar-refractivity contribution in [2.24, 2.45) is 0 Å². The van der Waals surface area contributed by atoms with E-state index in [1.165, 1.54) is 34.4 Å². The number of carbonyl (C=O) groups is 1. The number of carbonyl (C=O) groups excluding carboxylic acids is 1. The third-order valence-electron chi connectivity index (χ3n) is 9.71. The fourth-order valence-corrected chi connectivity index (χ4v) is 7.28. The van der Waals surface area contributed by atoms with Crippen LogP contribution in [0.1, 0.15) is 73.3 Å². The fourth-order valence-electron chi connectivity index (χ4n) is 7.28. The summed E-state index contributed by atoms with van der Waals surface area (Å²) in [6.07, 6.45) is 6.24. The normalized spacial score (nSPS) is 17.7. The monoisotopic (exact) mass is 622 g/mol. The lowest BCUT2D eigenvalue weighted by molar-refractivity contribution is -0.121. The molecule has 5 nitrogen and oxygen atoms in total. The molecule has 0 bridgehead atoms. The zero-order chi connectivity index (χ0) is 32.4. The highest BCUT2D eigenvalue weighted by molar-refractivity contribution is 5.76. The van der Waals surface area contributed by atoms with Gasteiger partial charge in [0.1, 0.15) is 11.6 Å². The zero-order valence-electron chi connectivity index (χ0n) is 27.1. The summed E-state index contributed by atoms with van der Waals surface area (Å²) in [4.78, 5) is 12.7. The molecule has 0 aromatic heterocycles. The first-order chi connectivity index (χ1) is 22.3. The predicted octanol–water partition coefficient (Wildman–Crippen LogP) is 7.24. The molecule has 5 rings (SSSR count). The van der Waals surface area contributed by atoms with Gasteiger partial charge in [-0.2, -0.15) is 0 Å². The van der Waals surface area contributed by atoms with Crippen LogP contribution >= 0.6 is 0 Å². The van der Waals surface area contributed by atoms with Crippen molar-refractivity contribution in [3.05, 3.63) is 137 Å². The smallest absolute Gasteiger partial charge is 0.220 e. The number of amides is 1. The highest BCUT2D eigenvalue weighted by Gasteiger charge is 2.38. The number of hydrogen-bond acceptors (Lipinski definition) is 4. The summed E-state index contributed by atoms with van der Waals surface area (Å²) in [5, 5.41) is 17.0. The minimum atomic E-state index is -0.312. The van der Waals surface area contributed by atoms with Crippen molar-refractivity contribution in [2.45, 2.75) is 75.3 Å². The summed E-state index contributed by atoms with van der Waals surface area (Å²) in [7, 11) is 1.70. The molecule has 0 saturated carbocycles. The number of fused-ring (bicyclic) bond motifs is 1. The second-order valence-electron chi connectivity index (χ2n) is 12.8. The maximum Gasteiger partial charge on any atom is 0.220 e. The van der Waals surface area contributed by atoms with Crippen LogP contribution in [-0.4, -0.2) is 37.3 Å². The average Bonchev–Trinajstić information content (AvgIpc) is 3.09. The summed E-state index contributed by atoms with van der Waals surface area (Å²) >= 11 is 0. The SMILES string of the molecule is COc1ccc2c(c1)C(C)(CCCC(CCCNC(=O)CCc1ccc(F)cc1)(c1ccccc1)c1ccccc1)NC(CO)C2. The van der Waals surface area contributed by atoms with Gasteiger partial charge in [0.05, 0.1) is 13.7 Å². The van der Waals surface area contributed by atoms with Gasteiger partial charge in [-0.05, 0) is 97.5 Å². The summed E-state index contributed by atoms with van der Waals surface area (Å²) < 4.78 is 18.8. The largest absolute Gasteiger partial charge is 0.497 e. The lowest BCUT2D eigenvalue weighted by Gasteiger charge is -2.43. The van der Waals surface area contributed by atoms with Crippen molar-refractivity contribution in [3.63, 3.8) is 0 Å². The molecule has 3 N–H and O–H groups in total. The molecular formula is C40H47FN2O3. The molecule has 242 valence electrons. The van der Waals surface area contributed by atoms with Crippen LogP contribution in [0.3, 0.4) is 0 Å². The van der Waals surface area contributed by atoms with E-state index >= 15 is 0 Å². The number of aryl methyl sites for hydroxylation is 1. The van der Waals surface area contributed by atoms with E-state index in [1.807, 2.05) is 6.07 Å². The first-order valence-electron chi connectivity index (χ1n) is 16.5. The van der Waals surface area contributed by atoms with Crippen molar-refractivity contribution in [1.82, 2.24) is 10.6 Å². The zero-order valence-corrected chi connectivity index (χ0v) is 27.1. The van der Waals surface area contributed by atoms with E-state index in [1.54, 1.807) is 19.2 Å². The molecule has 6 heteroatoms. The molecule has 1 aliphatic heterocycles. The van der Waals surface area contributed by atoms with Gasteiger partial charge in [0, 0.05) is 30.0 Å². The Labute approximate surface area is 273 Å². The van der Waals surface area contributed by atoms with Gasteiger partial charge in [0.25, 0.3) is 0 Å². The van der Waals surface area contributed by atoms with Crippen LogP contribution < -0.4 is 15.4 Å². The lowest BCUT2D eigenvalue weighted by atomic mass is 9.67. The molecule has 1 heterocycles. The lowest BCUT2D eigenvalue weighted by Crippen LogP contribution is -2.52. The standard InChI is InChI=1S/C40H47FN2O3/c1-39(37-28-36(46-2)21-18-31(37)27-35(29-44)43-39)23-9-24-40(32-11-5-3-6-12-32,33-13-7-4-8-14-33)25-10-26-42-38(45)22-17-30-15-19-34(41)20-16-30/h3-8,11-16,18-21,28,35,43-44H,9-10,17,22-27,29H2,1-2H3,(H,42,45). The number of aliphatic hydroxyl groups excluding tert-OH is 1. The van der Waals surface area contributed by atoms with E-state index in [4.69, 9.17) is 4.74 Å². The molecule has 1 aliphatic rings. The van der Waals surface area contributed by atoms with Gasteiger partial charge < -0.3 is 20.5 Å². The van der Waals surface area contributed by atoms with Crippen molar-refractivity contribution in [3.8, 4) is 5.75 Å². The van der Waals surface area contributed by atoms with Gasteiger partial charge in [0.15, 0.2) is 0 Å². The minimum absolute atomic E-state index is 0.00516. The molecule has 0 aliphatic carbocycles. The van der Waals surface area contributed by atoms with Crippen LogP contribution in [-0.2, 0) is 28.6 Å². The van der Waals surface area contributed by atoms with Gasteiger partial charge in [0.2, 0.25) is 5.91 Å². The summed E-state index contributed by atoms with van der Waals surface area (Å²) in [5.41, 5.74) is 5.46. The van der Waals surface area contributed by atoms with Crippen LogP contribution in [0.2, 0.25) is 0 Å². The third kappa shape index (κ3) is 8.04. The minimum Gasteiger partial charge on any atom is -0.497 e. The summed E-state index contributed by atoms with van der Waals surface area (Å²) in [6, 6.07) is 34.2. The molecule has 0 fully saturated rings. The van der Waals surface area contributed by atoms with Crippen LogP contribution in [0, 0.1) is 5.82 Å². The molecule has 2 atom stereocenters. The average molecular weight is 623 g/mol.